The molecule has 0 saturated carbocycles. The summed E-state index contributed by atoms with van der Waals surface area (Å²) in [4.78, 5) is 21.0. The van der Waals surface area contributed by atoms with Gasteiger partial charge in [-0.2, -0.15) is 13.2 Å². The van der Waals surface area contributed by atoms with E-state index >= 15 is 0 Å². The van der Waals surface area contributed by atoms with Crippen molar-refractivity contribution in [3.63, 3.8) is 0 Å². The number of benzene rings is 1. The summed E-state index contributed by atoms with van der Waals surface area (Å²) >= 11 is 0. The monoisotopic (exact) mass is 274 g/mol. The van der Waals surface area contributed by atoms with Gasteiger partial charge in [0.25, 0.3) is 0 Å². The second kappa shape index (κ2) is 5.73. The number of aliphatic carboxylic acids is 2. The summed E-state index contributed by atoms with van der Waals surface area (Å²) in [6.45, 7) is 0. The fraction of sp³-hybridized carbons (Fsp3) is 0.333. The molecule has 0 spiro atoms. The van der Waals surface area contributed by atoms with E-state index in [0.29, 0.717) is 0 Å². The molecule has 7 heteroatoms. The molecule has 0 aliphatic heterocycles. The van der Waals surface area contributed by atoms with E-state index in [0.717, 1.165) is 24.3 Å². The maximum Gasteiger partial charge on any atom is 0.416 e. The van der Waals surface area contributed by atoms with Crippen LogP contribution in [-0.2, 0) is 22.2 Å². The van der Waals surface area contributed by atoms with Crippen LogP contribution in [0.5, 0.6) is 0 Å². The SMILES string of the molecule is O=C([O-])CC(Cc1ccc(C(F)(F)F)cc1)C(=O)[O-]. The molecular formula is C12H9F3O4-2. The molecule has 0 bridgehead atoms. The second-order valence-corrected chi connectivity index (χ2v) is 3.99. The van der Waals surface area contributed by atoms with E-state index in [2.05, 4.69) is 0 Å². The molecule has 0 aliphatic rings. The zero-order valence-electron chi connectivity index (χ0n) is 9.57. The molecule has 1 aromatic rings. The lowest BCUT2D eigenvalue weighted by Gasteiger charge is -2.18. The highest BCUT2D eigenvalue weighted by Crippen LogP contribution is 2.29. The molecule has 0 aromatic heterocycles. The Balaban J connectivity index is 2.81. The molecule has 0 saturated heterocycles. The molecular weight excluding hydrogens is 265 g/mol. The average Bonchev–Trinajstić information content (AvgIpc) is 2.27. The van der Waals surface area contributed by atoms with Crippen LogP contribution >= 0.6 is 0 Å². The van der Waals surface area contributed by atoms with Crippen molar-refractivity contribution in [1.82, 2.24) is 0 Å². The Hall–Kier alpha value is -2.05. The van der Waals surface area contributed by atoms with Crippen molar-refractivity contribution in [3.8, 4) is 0 Å². The van der Waals surface area contributed by atoms with Crippen molar-refractivity contribution in [3.05, 3.63) is 35.4 Å². The maximum atomic E-state index is 12.3. The van der Waals surface area contributed by atoms with Gasteiger partial charge in [0.1, 0.15) is 0 Å². The maximum absolute atomic E-state index is 12.3. The molecule has 0 aliphatic carbocycles. The molecule has 1 rings (SSSR count). The second-order valence-electron chi connectivity index (χ2n) is 3.99. The quantitative estimate of drug-likeness (QED) is 0.741. The Labute approximate surface area is 106 Å². The number of alkyl halides is 3. The van der Waals surface area contributed by atoms with E-state index in [1.807, 2.05) is 0 Å². The minimum Gasteiger partial charge on any atom is -0.550 e. The highest BCUT2D eigenvalue weighted by atomic mass is 19.4. The lowest BCUT2D eigenvalue weighted by Crippen LogP contribution is -2.37. The number of halogens is 3. The molecule has 0 fully saturated rings. The van der Waals surface area contributed by atoms with Gasteiger partial charge in [-0.15, -0.1) is 0 Å². The number of carboxylic acids is 2. The zero-order valence-corrected chi connectivity index (χ0v) is 9.57. The van der Waals surface area contributed by atoms with Crippen LogP contribution in [0.3, 0.4) is 0 Å². The van der Waals surface area contributed by atoms with Gasteiger partial charge < -0.3 is 19.8 Å². The largest absolute Gasteiger partial charge is 0.550 e. The predicted octanol–water partition coefficient (Wildman–Crippen LogP) is -0.246. The highest BCUT2D eigenvalue weighted by Gasteiger charge is 2.30. The smallest absolute Gasteiger partial charge is 0.416 e. The van der Waals surface area contributed by atoms with Crippen molar-refractivity contribution in [1.29, 1.82) is 0 Å². The lowest BCUT2D eigenvalue weighted by atomic mass is 9.96. The first kappa shape index (κ1) is 15.0. The van der Waals surface area contributed by atoms with Crippen LogP contribution < -0.4 is 10.2 Å². The first-order valence-electron chi connectivity index (χ1n) is 5.27. The van der Waals surface area contributed by atoms with E-state index in [9.17, 15) is 33.0 Å². The minimum atomic E-state index is -4.47. The third kappa shape index (κ3) is 4.61. The van der Waals surface area contributed by atoms with Crippen LogP contribution in [0.1, 0.15) is 17.5 Å². The summed E-state index contributed by atoms with van der Waals surface area (Å²) < 4.78 is 36.9. The number of hydrogen-bond acceptors (Lipinski definition) is 4. The lowest BCUT2D eigenvalue weighted by molar-refractivity contribution is -0.320. The summed E-state index contributed by atoms with van der Waals surface area (Å²) in [5.41, 5.74) is -0.579. The molecule has 1 unspecified atom stereocenters. The molecule has 1 aromatic carbocycles. The van der Waals surface area contributed by atoms with E-state index in [1.54, 1.807) is 0 Å². The van der Waals surface area contributed by atoms with Crippen molar-refractivity contribution in [2.24, 2.45) is 5.92 Å². The Kier molecular flexibility index (Phi) is 4.52. The minimum absolute atomic E-state index is 0.228. The van der Waals surface area contributed by atoms with Crippen molar-refractivity contribution in [2.75, 3.05) is 0 Å². The van der Waals surface area contributed by atoms with Gasteiger partial charge in [-0.05, 0) is 30.5 Å². The molecule has 0 amide bonds. The fourth-order valence-corrected chi connectivity index (χ4v) is 1.55. The number of carbonyl (C=O) groups is 2. The molecule has 19 heavy (non-hydrogen) atoms. The summed E-state index contributed by atoms with van der Waals surface area (Å²) in [7, 11) is 0. The van der Waals surface area contributed by atoms with Gasteiger partial charge in [-0.25, -0.2) is 0 Å². The third-order valence-corrected chi connectivity index (χ3v) is 2.51. The summed E-state index contributed by atoms with van der Waals surface area (Å²) in [6.07, 6.45) is -5.45. The molecule has 0 heterocycles. The van der Waals surface area contributed by atoms with E-state index in [4.69, 9.17) is 0 Å². The van der Waals surface area contributed by atoms with Crippen LogP contribution in [0.4, 0.5) is 13.2 Å². The van der Waals surface area contributed by atoms with E-state index < -0.39 is 36.0 Å². The summed E-state index contributed by atoms with van der Waals surface area (Å²) in [5, 5.41) is 21.0. The fourth-order valence-electron chi connectivity index (χ4n) is 1.55. The van der Waals surface area contributed by atoms with Crippen molar-refractivity contribution < 1.29 is 33.0 Å². The van der Waals surface area contributed by atoms with Crippen molar-refractivity contribution >= 4 is 11.9 Å². The van der Waals surface area contributed by atoms with E-state index in [1.165, 1.54) is 0 Å². The molecule has 4 nitrogen and oxygen atoms in total. The Morgan fingerprint density at radius 2 is 1.63 bits per heavy atom. The third-order valence-electron chi connectivity index (χ3n) is 2.51. The van der Waals surface area contributed by atoms with Crippen LogP contribution in [0, 0.1) is 5.92 Å². The first-order valence-corrected chi connectivity index (χ1v) is 5.27. The van der Waals surface area contributed by atoms with Gasteiger partial charge in [0, 0.05) is 17.9 Å². The standard InChI is InChI=1S/C12H11F3O4/c13-12(14,15)9-3-1-7(2-4-9)5-8(11(18)19)6-10(16)17/h1-4,8H,5-6H2,(H,16,17)(H,18,19)/p-2. The average molecular weight is 274 g/mol. The Morgan fingerprint density at radius 3 is 2.00 bits per heavy atom. The van der Waals surface area contributed by atoms with Gasteiger partial charge >= 0.3 is 6.18 Å². The number of hydrogen-bond donors (Lipinski definition) is 0. The summed E-state index contributed by atoms with van der Waals surface area (Å²) in [5.74, 6) is -4.47. The summed E-state index contributed by atoms with van der Waals surface area (Å²) in [6, 6.07) is 3.82. The van der Waals surface area contributed by atoms with Crippen LogP contribution in [-0.4, -0.2) is 11.9 Å². The van der Waals surface area contributed by atoms with Gasteiger partial charge in [-0.3, -0.25) is 0 Å². The zero-order chi connectivity index (χ0) is 14.6. The molecule has 1 atom stereocenters. The van der Waals surface area contributed by atoms with Gasteiger partial charge in [-0.1, -0.05) is 12.1 Å². The number of carbonyl (C=O) groups excluding carboxylic acids is 2. The Bertz CT molecular complexity index is 465. The molecule has 0 N–H and O–H groups in total. The number of rotatable bonds is 5. The normalized spacial score (nSPS) is 13.0. The van der Waals surface area contributed by atoms with Gasteiger partial charge in [0.2, 0.25) is 0 Å². The van der Waals surface area contributed by atoms with Gasteiger partial charge in [0.05, 0.1) is 5.56 Å². The van der Waals surface area contributed by atoms with Crippen LogP contribution in [0.25, 0.3) is 0 Å². The highest BCUT2D eigenvalue weighted by molar-refractivity contribution is 5.75. The molecule has 104 valence electrons. The van der Waals surface area contributed by atoms with E-state index in [-0.39, 0.29) is 12.0 Å². The van der Waals surface area contributed by atoms with Crippen LogP contribution in [0.2, 0.25) is 0 Å². The van der Waals surface area contributed by atoms with Crippen molar-refractivity contribution in [2.45, 2.75) is 19.0 Å². The Morgan fingerprint density at radius 1 is 1.11 bits per heavy atom. The molecule has 0 radical (unpaired) electrons. The first-order chi connectivity index (χ1) is 8.70. The van der Waals surface area contributed by atoms with Crippen LogP contribution in [0.15, 0.2) is 24.3 Å². The number of carboxylic acid groups (broad SMARTS) is 2. The predicted molar refractivity (Wildman–Crippen MR) is 53.3 cm³/mol. The van der Waals surface area contributed by atoms with Gasteiger partial charge in [0.15, 0.2) is 0 Å². The topological polar surface area (TPSA) is 80.3 Å².